The highest BCUT2D eigenvalue weighted by atomic mass is 19.4. The van der Waals surface area contributed by atoms with Gasteiger partial charge in [0.2, 0.25) is 5.91 Å². The molecule has 0 aliphatic carbocycles. The molecule has 0 unspecified atom stereocenters. The summed E-state index contributed by atoms with van der Waals surface area (Å²) in [7, 11) is 0. The van der Waals surface area contributed by atoms with Crippen molar-refractivity contribution in [3.63, 3.8) is 0 Å². The molecule has 0 bridgehead atoms. The zero-order chi connectivity index (χ0) is 25.7. The fourth-order valence-corrected chi connectivity index (χ4v) is 4.16. The van der Waals surface area contributed by atoms with Gasteiger partial charge < -0.3 is 10.6 Å². The quantitative estimate of drug-likeness (QED) is 0.379. The Balaban J connectivity index is 1.62. The van der Waals surface area contributed by atoms with Gasteiger partial charge in [-0.2, -0.15) is 13.2 Å². The molecule has 0 fully saturated rings. The summed E-state index contributed by atoms with van der Waals surface area (Å²) in [4.78, 5) is 30.6. The summed E-state index contributed by atoms with van der Waals surface area (Å²) in [5.41, 5.74) is 0.671. The molecule has 4 aromatic rings. The van der Waals surface area contributed by atoms with Gasteiger partial charge in [0.15, 0.2) is 17.3 Å². The second kappa shape index (κ2) is 8.54. The van der Waals surface area contributed by atoms with E-state index >= 15 is 0 Å². The summed E-state index contributed by atoms with van der Waals surface area (Å²) in [6, 6.07) is 7.99. The van der Waals surface area contributed by atoms with E-state index in [4.69, 9.17) is 0 Å². The molecule has 1 aliphatic heterocycles. The number of imidazole rings is 1. The lowest BCUT2D eigenvalue weighted by Crippen LogP contribution is -2.28. The Kier molecular flexibility index (Phi) is 5.61. The van der Waals surface area contributed by atoms with Crippen LogP contribution in [0.2, 0.25) is 0 Å². The minimum atomic E-state index is -4.36. The lowest BCUT2D eigenvalue weighted by atomic mass is 9.87. The molecule has 5 rings (SSSR count). The summed E-state index contributed by atoms with van der Waals surface area (Å²) < 4.78 is 54.3. The van der Waals surface area contributed by atoms with Crippen LogP contribution in [0.15, 0.2) is 42.7 Å². The van der Waals surface area contributed by atoms with E-state index in [1.807, 2.05) is 0 Å². The van der Waals surface area contributed by atoms with Gasteiger partial charge in [0.1, 0.15) is 17.5 Å². The summed E-state index contributed by atoms with van der Waals surface area (Å²) in [5, 5.41) is 5.42. The average molecular weight is 499 g/mol. The first kappa shape index (κ1) is 23.6. The molecule has 186 valence electrons. The number of hydrogen-bond acceptors (Lipinski definition) is 6. The number of carbonyl (C=O) groups is 1. The van der Waals surface area contributed by atoms with E-state index in [9.17, 15) is 22.4 Å². The smallest absolute Gasteiger partial charge is 0.369 e. The number of rotatable bonds is 6. The molecule has 0 atom stereocenters. The monoisotopic (exact) mass is 499 g/mol. The predicted octanol–water partition coefficient (Wildman–Crippen LogP) is 4.51. The first-order chi connectivity index (χ1) is 17.0. The fourth-order valence-electron chi connectivity index (χ4n) is 4.16. The Hall–Kier alpha value is -4.09. The number of nitrogens with one attached hydrogen (secondary N) is 2. The number of fused-ring (bicyclic) bond motifs is 2. The number of aromatic nitrogens is 5. The third-order valence-corrected chi connectivity index (χ3v) is 6.02. The Labute approximate surface area is 202 Å². The second-order valence-corrected chi connectivity index (χ2v) is 8.95. The molecule has 0 spiro atoms. The van der Waals surface area contributed by atoms with Crippen LogP contribution in [0.1, 0.15) is 37.1 Å². The SMILES string of the molecule is CC1(C)C(=O)Nc2nc(-c3nc(Cc4ccccc4F)c4ncccn34)nc(NCCC(F)(F)F)c21. The van der Waals surface area contributed by atoms with Gasteiger partial charge in [0.25, 0.3) is 0 Å². The Bertz CT molecular complexity index is 1480. The van der Waals surface area contributed by atoms with E-state index < -0.39 is 24.6 Å². The Morgan fingerprint density at radius 3 is 2.64 bits per heavy atom. The van der Waals surface area contributed by atoms with Crippen LogP contribution in [0.5, 0.6) is 0 Å². The number of hydrogen-bond donors (Lipinski definition) is 2. The molecule has 0 radical (unpaired) electrons. The van der Waals surface area contributed by atoms with Gasteiger partial charge in [-0.15, -0.1) is 0 Å². The number of benzene rings is 1. The van der Waals surface area contributed by atoms with Gasteiger partial charge >= 0.3 is 6.18 Å². The van der Waals surface area contributed by atoms with Gasteiger partial charge in [-0.25, -0.2) is 24.3 Å². The van der Waals surface area contributed by atoms with Gasteiger partial charge in [-0.1, -0.05) is 18.2 Å². The number of carbonyl (C=O) groups excluding carboxylic acids is 1. The highest BCUT2D eigenvalue weighted by Gasteiger charge is 2.43. The van der Waals surface area contributed by atoms with E-state index in [2.05, 4.69) is 30.6 Å². The highest BCUT2D eigenvalue weighted by Crippen LogP contribution is 2.41. The van der Waals surface area contributed by atoms with Gasteiger partial charge in [-0.05, 0) is 31.5 Å². The zero-order valence-corrected chi connectivity index (χ0v) is 19.3. The van der Waals surface area contributed by atoms with E-state index in [0.29, 0.717) is 22.5 Å². The van der Waals surface area contributed by atoms with Crippen LogP contribution in [0.4, 0.5) is 29.2 Å². The molecular weight excluding hydrogens is 478 g/mol. The fraction of sp³-hybridized carbons (Fsp3) is 0.292. The largest absolute Gasteiger partial charge is 0.390 e. The van der Waals surface area contributed by atoms with Gasteiger partial charge in [-0.3, -0.25) is 9.20 Å². The van der Waals surface area contributed by atoms with Crippen molar-refractivity contribution in [2.75, 3.05) is 17.2 Å². The molecular formula is C24H21F4N7O. The molecule has 8 nitrogen and oxygen atoms in total. The summed E-state index contributed by atoms with van der Waals surface area (Å²) >= 11 is 0. The van der Waals surface area contributed by atoms with E-state index in [-0.39, 0.29) is 41.4 Å². The standard InChI is InChI=1S/C24H21F4N7O/c1-23(2)16-17(29-10-8-24(26,27)28)32-19(33-18(16)34-22(23)36)21-31-15(20-30-9-5-11-35(20)21)12-13-6-3-4-7-14(13)25/h3-7,9,11H,8,10,12H2,1-2H3,(H2,29,32,33,34,36). The molecule has 1 aromatic carbocycles. The number of alkyl halides is 3. The van der Waals surface area contributed by atoms with E-state index in [1.54, 1.807) is 54.9 Å². The van der Waals surface area contributed by atoms with Crippen molar-refractivity contribution in [3.8, 4) is 11.6 Å². The minimum absolute atomic E-state index is 0.0732. The first-order valence-corrected chi connectivity index (χ1v) is 11.1. The highest BCUT2D eigenvalue weighted by molar-refractivity contribution is 6.06. The molecule has 1 amide bonds. The predicted molar refractivity (Wildman–Crippen MR) is 124 cm³/mol. The van der Waals surface area contributed by atoms with Crippen molar-refractivity contribution < 1.29 is 22.4 Å². The maximum absolute atomic E-state index is 14.3. The van der Waals surface area contributed by atoms with Crippen LogP contribution < -0.4 is 10.6 Å². The molecule has 1 aliphatic rings. The van der Waals surface area contributed by atoms with Crippen LogP contribution in [0.25, 0.3) is 17.3 Å². The molecule has 2 N–H and O–H groups in total. The van der Waals surface area contributed by atoms with E-state index in [1.165, 1.54) is 6.07 Å². The van der Waals surface area contributed by atoms with Crippen LogP contribution >= 0.6 is 0 Å². The molecule has 4 heterocycles. The van der Waals surface area contributed by atoms with Crippen molar-refractivity contribution in [2.24, 2.45) is 0 Å². The zero-order valence-electron chi connectivity index (χ0n) is 19.3. The van der Waals surface area contributed by atoms with Gasteiger partial charge in [0, 0.05) is 25.4 Å². The molecule has 0 saturated carbocycles. The van der Waals surface area contributed by atoms with Crippen molar-refractivity contribution >= 4 is 23.2 Å². The van der Waals surface area contributed by atoms with Crippen LogP contribution in [0.3, 0.4) is 0 Å². The van der Waals surface area contributed by atoms with Gasteiger partial charge in [0.05, 0.1) is 23.1 Å². The molecule has 12 heteroatoms. The summed E-state index contributed by atoms with van der Waals surface area (Å²) in [6.45, 7) is 2.86. The number of nitrogens with zero attached hydrogens (tertiary/aromatic N) is 5. The van der Waals surface area contributed by atoms with Crippen LogP contribution in [-0.2, 0) is 16.6 Å². The Morgan fingerprint density at radius 2 is 1.89 bits per heavy atom. The number of amides is 1. The lowest BCUT2D eigenvalue weighted by Gasteiger charge is -2.19. The van der Waals surface area contributed by atoms with Crippen LogP contribution in [-0.4, -0.2) is 43.0 Å². The van der Waals surface area contributed by atoms with E-state index in [0.717, 1.165) is 0 Å². The third-order valence-electron chi connectivity index (χ3n) is 6.02. The normalized spacial score (nSPS) is 14.7. The molecule has 0 saturated heterocycles. The number of anilines is 2. The topological polar surface area (TPSA) is 97.1 Å². The van der Waals surface area contributed by atoms with Crippen molar-refractivity contribution in [1.29, 1.82) is 0 Å². The Morgan fingerprint density at radius 1 is 1.11 bits per heavy atom. The lowest BCUT2D eigenvalue weighted by molar-refractivity contribution is -0.131. The van der Waals surface area contributed by atoms with Crippen molar-refractivity contribution in [1.82, 2.24) is 24.3 Å². The number of halogens is 4. The maximum atomic E-state index is 14.3. The minimum Gasteiger partial charge on any atom is -0.369 e. The average Bonchev–Trinajstić information content (AvgIpc) is 3.28. The third kappa shape index (κ3) is 4.23. The van der Waals surface area contributed by atoms with Crippen LogP contribution in [0, 0.1) is 5.82 Å². The molecule has 36 heavy (non-hydrogen) atoms. The summed E-state index contributed by atoms with van der Waals surface area (Å²) in [6.07, 6.45) is -2.03. The molecule has 3 aromatic heterocycles. The van der Waals surface area contributed by atoms with Crippen molar-refractivity contribution in [3.05, 3.63) is 65.4 Å². The van der Waals surface area contributed by atoms with Crippen molar-refractivity contribution in [2.45, 2.75) is 38.3 Å². The first-order valence-electron chi connectivity index (χ1n) is 11.1. The maximum Gasteiger partial charge on any atom is 0.390 e. The summed E-state index contributed by atoms with van der Waals surface area (Å²) in [5.74, 6) is -0.0995. The second-order valence-electron chi connectivity index (χ2n) is 8.95.